The number of ether oxygens (including phenoxy) is 3. The fourth-order valence-corrected chi connectivity index (χ4v) is 4.62. The average molecular weight is 677 g/mol. The lowest BCUT2D eigenvalue weighted by Crippen LogP contribution is -2.40. The van der Waals surface area contributed by atoms with Gasteiger partial charge in [0, 0.05) is 6.42 Å². The van der Waals surface area contributed by atoms with Crippen molar-refractivity contribution in [3.05, 3.63) is 60.8 Å². The van der Waals surface area contributed by atoms with Crippen LogP contribution in [0.2, 0.25) is 0 Å². The molecule has 0 aliphatic rings. The first-order valence-electron chi connectivity index (χ1n) is 18.5. The maximum atomic E-state index is 12.0. The van der Waals surface area contributed by atoms with Crippen molar-refractivity contribution in [3.8, 4) is 0 Å². The number of carboxylic acids is 1. The molecule has 2 atom stereocenters. The minimum absolute atomic E-state index is 0.207. The van der Waals surface area contributed by atoms with Gasteiger partial charge in [0.2, 0.25) is 0 Å². The van der Waals surface area contributed by atoms with E-state index in [0.29, 0.717) is 17.4 Å². The van der Waals surface area contributed by atoms with Gasteiger partial charge in [-0.1, -0.05) is 125 Å². The quantitative estimate of drug-likeness (QED) is 0.0235. The zero-order valence-electron chi connectivity index (χ0n) is 30.9. The standard InChI is InChI=1S/C40H69NO7/c1-5-6-7-8-9-10-11-12-13-14-15-16-17-18-19-20-21-22-23-24-25-26-27-28-29-30-31-32-38(43)47-35-37(42)36-48-40(39(44)45)46-34-33-41(2,3)4/h6-7,9-10,12-13,15-16,18-19,37,40,42H,5,8,11,14,17,20-36H2,1-4H3/p+1/b7-6-,10-9-,13-12-,16-15-,19-18-. The third kappa shape index (κ3) is 34.8. The number of carbonyl (C=O) groups is 2. The first kappa shape index (κ1) is 45.5. The zero-order chi connectivity index (χ0) is 35.6. The topological polar surface area (TPSA) is 102 Å². The fourth-order valence-electron chi connectivity index (χ4n) is 4.62. The highest BCUT2D eigenvalue weighted by atomic mass is 16.7. The minimum atomic E-state index is -1.47. The summed E-state index contributed by atoms with van der Waals surface area (Å²) in [5.74, 6) is -1.62. The summed E-state index contributed by atoms with van der Waals surface area (Å²) in [7, 11) is 5.91. The molecule has 0 rings (SSSR count). The molecule has 8 heteroatoms. The normalized spacial score (nSPS) is 13.9. The van der Waals surface area contributed by atoms with Gasteiger partial charge in [-0.2, -0.15) is 0 Å². The van der Waals surface area contributed by atoms with Gasteiger partial charge in [0.15, 0.2) is 0 Å². The Morgan fingerprint density at radius 1 is 0.625 bits per heavy atom. The Bertz CT molecular complexity index is 917. The molecule has 0 aromatic rings. The van der Waals surface area contributed by atoms with Crippen LogP contribution in [0.4, 0.5) is 0 Å². The smallest absolute Gasteiger partial charge is 0.361 e. The van der Waals surface area contributed by atoms with E-state index in [1.54, 1.807) is 0 Å². The van der Waals surface area contributed by atoms with Crippen LogP contribution >= 0.6 is 0 Å². The van der Waals surface area contributed by atoms with Crippen LogP contribution in [0.15, 0.2) is 60.8 Å². The van der Waals surface area contributed by atoms with Gasteiger partial charge in [-0.3, -0.25) is 4.79 Å². The van der Waals surface area contributed by atoms with Crippen molar-refractivity contribution in [1.82, 2.24) is 0 Å². The molecule has 0 bridgehead atoms. The number of nitrogens with zero attached hydrogens (tertiary/aromatic N) is 1. The number of esters is 1. The van der Waals surface area contributed by atoms with Crippen molar-refractivity contribution in [3.63, 3.8) is 0 Å². The summed E-state index contributed by atoms with van der Waals surface area (Å²) in [6.45, 7) is 2.46. The molecule has 48 heavy (non-hydrogen) atoms. The SMILES string of the molecule is CC/C=C\C/C=C\C/C=C\C/C=C\C/C=C\CCCCCCCCCCCCCC(=O)OCC(O)COC(OCC[N+](C)(C)C)C(=O)O. The molecular weight excluding hydrogens is 606 g/mol. The number of hydrogen-bond acceptors (Lipinski definition) is 6. The second kappa shape index (κ2) is 33.0. The number of allylic oxidation sites excluding steroid dienone is 10. The summed E-state index contributed by atoms with van der Waals surface area (Å²) in [6, 6.07) is 0. The van der Waals surface area contributed by atoms with E-state index >= 15 is 0 Å². The Morgan fingerprint density at radius 2 is 1.08 bits per heavy atom. The van der Waals surface area contributed by atoms with Gasteiger partial charge in [-0.25, -0.2) is 4.79 Å². The van der Waals surface area contributed by atoms with E-state index in [-0.39, 0.29) is 25.8 Å². The molecule has 0 amide bonds. The molecule has 0 fully saturated rings. The maximum Gasteiger partial charge on any atom is 0.361 e. The summed E-state index contributed by atoms with van der Waals surface area (Å²) in [4.78, 5) is 23.3. The molecule has 0 aliphatic carbocycles. The Balaban J connectivity index is 3.55. The van der Waals surface area contributed by atoms with E-state index in [1.807, 2.05) is 21.1 Å². The molecule has 0 spiro atoms. The Kier molecular flexibility index (Phi) is 31.3. The van der Waals surface area contributed by atoms with Gasteiger partial charge < -0.3 is 28.9 Å². The zero-order valence-corrected chi connectivity index (χ0v) is 30.9. The first-order chi connectivity index (χ1) is 23.2. The first-order valence-corrected chi connectivity index (χ1v) is 18.5. The molecule has 0 saturated carbocycles. The number of quaternary nitrogens is 1. The van der Waals surface area contributed by atoms with Crippen LogP contribution in [-0.2, 0) is 23.8 Å². The van der Waals surface area contributed by atoms with Crippen LogP contribution < -0.4 is 0 Å². The van der Waals surface area contributed by atoms with Crippen molar-refractivity contribution in [2.45, 2.75) is 135 Å². The van der Waals surface area contributed by atoms with Gasteiger partial charge in [-0.15, -0.1) is 0 Å². The predicted octanol–water partition coefficient (Wildman–Crippen LogP) is 8.86. The second-order valence-corrected chi connectivity index (χ2v) is 13.4. The van der Waals surface area contributed by atoms with Crippen LogP contribution in [0.25, 0.3) is 0 Å². The minimum Gasteiger partial charge on any atom is -0.477 e. The maximum absolute atomic E-state index is 12.0. The third-order valence-electron chi connectivity index (χ3n) is 7.52. The molecule has 2 N–H and O–H groups in total. The largest absolute Gasteiger partial charge is 0.477 e. The number of aliphatic hydroxyl groups excluding tert-OH is 1. The summed E-state index contributed by atoms with van der Waals surface area (Å²) in [6.07, 6.45) is 39.6. The number of carbonyl (C=O) groups excluding carboxylic acids is 1. The number of unbranched alkanes of at least 4 members (excludes halogenated alkanes) is 11. The summed E-state index contributed by atoms with van der Waals surface area (Å²) < 4.78 is 16.1. The van der Waals surface area contributed by atoms with E-state index in [2.05, 4.69) is 67.7 Å². The molecular formula is C40H70NO7+. The van der Waals surface area contributed by atoms with Crippen molar-refractivity contribution in [1.29, 1.82) is 0 Å². The lowest BCUT2D eigenvalue weighted by Gasteiger charge is -2.24. The van der Waals surface area contributed by atoms with Gasteiger partial charge in [0.1, 0.15) is 19.3 Å². The Morgan fingerprint density at radius 3 is 1.56 bits per heavy atom. The van der Waals surface area contributed by atoms with Crippen molar-refractivity contribution < 1.29 is 38.5 Å². The molecule has 8 nitrogen and oxygen atoms in total. The lowest BCUT2D eigenvalue weighted by molar-refractivity contribution is -0.870. The molecule has 2 unspecified atom stereocenters. The van der Waals surface area contributed by atoms with E-state index in [1.165, 1.54) is 57.8 Å². The third-order valence-corrected chi connectivity index (χ3v) is 7.52. The van der Waals surface area contributed by atoms with Crippen molar-refractivity contribution >= 4 is 11.9 Å². The van der Waals surface area contributed by atoms with E-state index < -0.39 is 18.4 Å². The summed E-state index contributed by atoms with van der Waals surface area (Å²) in [5, 5.41) is 19.2. The lowest BCUT2D eigenvalue weighted by atomic mass is 10.0. The average Bonchev–Trinajstić information content (AvgIpc) is 3.04. The Labute approximate surface area is 293 Å². The molecule has 276 valence electrons. The van der Waals surface area contributed by atoms with Crippen LogP contribution in [-0.4, -0.2) is 86.5 Å². The molecule has 0 aromatic heterocycles. The van der Waals surface area contributed by atoms with Gasteiger partial charge >= 0.3 is 11.9 Å². The van der Waals surface area contributed by atoms with E-state index in [0.717, 1.165) is 51.4 Å². The van der Waals surface area contributed by atoms with E-state index in [4.69, 9.17) is 14.2 Å². The molecule has 0 aliphatic heterocycles. The summed E-state index contributed by atoms with van der Waals surface area (Å²) in [5.41, 5.74) is 0. The van der Waals surface area contributed by atoms with Crippen LogP contribution in [0, 0.1) is 0 Å². The second-order valence-electron chi connectivity index (χ2n) is 13.4. The fraction of sp³-hybridized carbons (Fsp3) is 0.700. The number of likely N-dealkylation sites (N-methyl/N-ethyl adjacent to an activating group) is 1. The number of aliphatic hydroxyl groups is 1. The summed E-state index contributed by atoms with van der Waals surface area (Å²) >= 11 is 0. The Hall–Kier alpha value is -2.52. The number of aliphatic carboxylic acids is 1. The van der Waals surface area contributed by atoms with Crippen molar-refractivity contribution in [2.24, 2.45) is 0 Å². The molecule has 0 radical (unpaired) electrons. The highest BCUT2D eigenvalue weighted by Gasteiger charge is 2.22. The predicted molar refractivity (Wildman–Crippen MR) is 198 cm³/mol. The van der Waals surface area contributed by atoms with Gasteiger partial charge in [0.25, 0.3) is 6.29 Å². The number of carboxylic acid groups (broad SMARTS) is 1. The number of hydrogen-bond donors (Lipinski definition) is 2. The highest BCUT2D eigenvalue weighted by Crippen LogP contribution is 2.13. The van der Waals surface area contributed by atoms with Crippen LogP contribution in [0.5, 0.6) is 0 Å². The number of rotatable bonds is 33. The van der Waals surface area contributed by atoms with Gasteiger partial charge in [0.05, 0.1) is 34.4 Å². The van der Waals surface area contributed by atoms with Crippen LogP contribution in [0.3, 0.4) is 0 Å². The van der Waals surface area contributed by atoms with E-state index in [9.17, 15) is 19.8 Å². The molecule has 0 heterocycles. The monoisotopic (exact) mass is 677 g/mol. The molecule has 0 saturated heterocycles. The van der Waals surface area contributed by atoms with Crippen molar-refractivity contribution in [2.75, 3.05) is 47.5 Å². The highest BCUT2D eigenvalue weighted by molar-refractivity contribution is 5.70. The molecule has 0 aromatic carbocycles. The van der Waals surface area contributed by atoms with Gasteiger partial charge in [-0.05, 0) is 51.4 Å². The van der Waals surface area contributed by atoms with Crippen LogP contribution in [0.1, 0.15) is 122 Å².